The second kappa shape index (κ2) is 8.37. The lowest BCUT2D eigenvalue weighted by atomic mass is 10.2. The van der Waals surface area contributed by atoms with Crippen molar-refractivity contribution in [3.05, 3.63) is 77.9 Å². The number of methoxy groups -OCH3 is 1. The van der Waals surface area contributed by atoms with E-state index >= 15 is 0 Å². The maximum atomic E-state index is 12.6. The first-order valence-corrected chi connectivity index (χ1v) is 11.6. The van der Waals surface area contributed by atoms with Crippen LogP contribution in [0.4, 0.5) is 10.8 Å². The van der Waals surface area contributed by atoms with Crippen molar-refractivity contribution in [1.29, 1.82) is 0 Å². The van der Waals surface area contributed by atoms with E-state index in [1.165, 1.54) is 11.3 Å². The molecule has 0 radical (unpaired) electrons. The molecule has 0 aliphatic carbocycles. The molecule has 0 saturated carbocycles. The minimum Gasteiger partial charge on any atom is -0.497 e. The Morgan fingerprint density at radius 1 is 1.00 bits per heavy atom. The van der Waals surface area contributed by atoms with Gasteiger partial charge in [0.15, 0.2) is 5.13 Å². The number of carbonyl (C=O) groups is 1. The van der Waals surface area contributed by atoms with Crippen molar-refractivity contribution in [3.63, 3.8) is 0 Å². The van der Waals surface area contributed by atoms with Gasteiger partial charge in [0.25, 0.3) is 15.9 Å². The van der Waals surface area contributed by atoms with Crippen LogP contribution >= 0.6 is 11.3 Å². The molecule has 0 aliphatic rings. The highest BCUT2D eigenvalue weighted by atomic mass is 32.2. The van der Waals surface area contributed by atoms with Crippen molar-refractivity contribution in [1.82, 2.24) is 4.98 Å². The summed E-state index contributed by atoms with van der Waals surface area (Å²) < 4.78 is 33.6. The fourth-order valence-electron chi connectivity index (χ4n) is 2.88. The first-order valence-electron chi connectivity index (χ1n) is 9.29. The van der Waals surface area contributed by atoms with Crippen LogP contribution in [-0.2, 0) is 10.0 Å². The van der Waals surface area contributed by atoms with Crippen LogP contribution in [0.2, 0.25) is 0 Å². The number of anilines is 2. The second-order valence-electron chi connectivity index (χ2n) is 6.80. The largest absolute Gasteiger partial charge is 0.497 e. The van der Waals surface area contributed by atoms with E-state index in [1.807, 2.05) is 25.1 Å². The summed E-state index contributed by atoms with van der Waals surface area (Å²) in [5, 5.41) is 3.24. The number of benzene rings is 3. The van der Waals surface area contributed by atoms with Crippen LogP contribution in [0.3, 0.4) is 0 Å². The van der Waals surface area contributed by atoms with Gasteiger partial charge in [-0.3, -0.25) is 14.8 Å². The fourth-order valence-corrected chi connectivity index (χ4v) is 4.82. The molecular weight excluding hydrogens is 434 g/mol. The van der Waals surface area contributed by atoms with E-state index in [0.29, 0.717) is 16.4 Å². The number of amides is 1. The zero-order valence-corrected chi connectivity index (χ0v) is 18.4. The number of thiazole rings is 1. The highest BCUT2D eigenvalue weighted by Gasteiger charge is 2.15. The maximum Gasteiger partial charge on any atom is 0.261 e. The average molecular weight is 454 g/mol. The van der Waals surface area contributed by atoms with E-state index in [0.717, 1.165) is 21.5 Å². The fraction of sp³-hybridized carbons (Fsp3) is 0.0909. The van der Waals surface area contributed by atoms with Crippen LogP contribution < -0.4 is 14.8 Å². The number of fused-ring (bicyclic) bond motifs is 1. The van der Waals surface area contributed by atoms with E-state index in [1.54, 1.807) is 55.6 Å². The summed E-state index contributed by atoms with van der Waals surface area (Å²) >= 11 is 1.34. The normalized spacial score (nSPS) is 11.3. The van der Waals surface area contributed by atoms with Gasteiger partial charge in [-0.05, 0) is 61.5 Å². The Labute approximate surface area is 183 Å². The Morgan fingerprint density at radius 3 is 2.39 bits per heavy atom. The zero-order valence-electron chi connectivity index (χ0n) is 16.7. The predicted octanol–water partition coefficient (Wildman–Crippen LogP) is 4.67. The third-order valence-corrected chi connectivity index (χ3v) is 6.88. The summed E-state index contributed by atoms with van der Waals surface area (Å²) in [6.45, 7) is 1.89. The Kier molecular flexibility index (Phi) is 5.62. The van der Waals surface area contributed by atoms with E-state index in [9.17, 15) is 13.2 Å². The zero-order chi connectivity index (χ0) is 22.0. The molecule has 0 fully saturated rings. The van der Waals surface area contributed by atoms with Crippen LogP contribution in [0.5, 0.6) is 5.75 Å². The van der Waals surface area contributed by atoms with Gasteiger partial charge in [-0.2, -0.15) is 0 Å². The molecule has 9 heteroatoms. The Hall–Kier alpha value is -3.43. The van der Waals surface area contributed by atoms with Gasteiger partial charge >= 0.3 is 0 Å². The molecule has 31 heavy (non-hydrogen) atoms. The van der Waals surface area contributed by atoms with E-state index in [4.69, 9.17) is 4.74 Å². The molecule has 1 amide bonds. The molecule has 0 unspecified atom stereocenters. The number of rotatable bonds is 6. The molecule has 0 bridgehead atoms. The number of ether oxygens (including phenoxy) is 1. The number of nitrogens with zero attached hydrogens (tertiary/aromatic N) is 1. The Morgan fingerprint density at radius 2 is 1.71 bits per heavy atom. The molecular formula is C22H19N3O4S2. The second-order valence-corrected chi connectivity index (χ2v) is 9.52. The monoisotopic (exact) mass is 453 g/mol. The predicted molar refractivity (Wildman–Crippen MR) is 123 cm³/mol. The number of hydrogen-bond acceptors (Lipinski definition) is 6. The van der Waals surface area contributed by atoms with Gasteiger partial charge < -0.3 is 4.74 Å². The van der Waals surface area contributed by atoms with Gasteiger partial charge in [0.2, 0.25) is 0 Å². The third-order valence-electron chi connectivity index (χ3n) is 4.55. The molecule has 0 saturated heterocycles. The molecule has 0 spiro atoms. The van der Waals surface area contributed by atoms with E-state index < -0.39 is 10.0 Å². The lowest BCUT2D eigenvalue weighted by Gasteiger charge is -2.09. The maximum absolute atomic E-state index is 12.6. The average Bonchev–Trinajstić information content (AvgIpc) is 3.15. The van der Waals surface area contributed by atoms with Gasteiger partial charge in [-0.15, -0.1) is 0 Å². The lowest BCUT2D eigenvalue weighted by molar-refractivity contribution is 0.102. The highest BCUT2D eigenvalue weighted by Crippen LogP contribution is 2.29. The third kappa shape index (κ3) is 4.68. The SMILES string of the molecule is COc1ccc2nc(NC(=O)c3ccc(NS(=O)(=O)c4ccc(C)cc4)cc3)sc2c1. The number of carbonyl (C=O) groups excluding carboxylic acids is 1. The van der Waals surface area contributed by atoms with Crippen molar-refractivity contribution in [3.8, 4) is 5.75 Å². The molecule has 4 rings (SSSR count). The molecule has 0 atom stereocenters. The molecule has 2 N–H and O–H groups in total. The summed E-state index contributed by atoms with van der Waals surface area (Å²) in [6.07, 6.45) is 0. The minimum atomic E-state index is -3.70. The van der Waals surface area contributed by atoms with Gasteiger partial charge in [-0.25, -0.2) is 13.4 Å². The number of aryl methyl sites for hydroxylation is 1. The number of hydrogen-bond donors (Lipinski definition) is 2. The number of sulfonamides is 1. The minimum absolute atomic E-state index is 0.174. The van der Waals surface area contributed by atoms with Crippen LogP contribution in [0.25, 0.3) is 10.2 Å². The van der Waals surface area contributed by atoms with Crippen molar-refractivity contribution in [2.45, 2.75) is 11.8 Å². The van der Waals surface area contributed by atoms with Crippen LogP contribution in [0.15, 0.2) is 71.6 Å². The smallest absolute Gasteiger partial charge is 0.261 e. The standard InChI is InChI=1S/C22H19N3O4S2/c1-14-3-10-18(11-4-14)31(27,28)25-16-7-5-15(6-8-16)21(26)24-22-23-19-12-9-17(29-2)13-20(19)30-22/h3-13,25H,1-2H3,(H,23,24,26). The van der Waals surface area contributed by atoms with Gasteiger partial charge in [-0.1, -0.05) is 29.0 Å². The molecule has 4 aromatic rings. The summed E-state index contributed by atoms with van der Waals surface area (Å²) in [5.74, 6) is 0.386. The molecule has 7 nitrogen and oxygen atoms in total. The van der Waals surface area contributed by atoms with Crippen LogP contribution in [-0.4, -0.2) is 26.4 Å². The van der Waals surface area contributed by atoms with Crippen molar-refractivity contribution >= 4 is 48.3 Å². The first-order chi connectivity index (χ1) is 14.8. The summed E-state index contributed by atoms with van der Waals surface area (Å²) in [4.78, 5) is 17.1. The summed E-state index contributed by atoms with van der Waals surface area (Å²) in [5.41, 5.74) is 2.49. The summed E-state index contributed by atoms with van der Waals surface area (Å²) in [6, 6.07) is 18.3. The van der Waals surface area contributed by atoms with Crippen molar-refractivity contribution in [2.75, 3.05) is 17.1 Å². The van der Waals surface area contributed by atoms with Crippen LogP contribution in [0.1, 0.15) is 15.9 Å². The van der Waals surface area contributed by atoms with Crippen molar-refractivity contribution < 1.29 is 17.9 Å². The van der Waals surface area contributed by atoms with E-state index in [-0.39, 0.29) is 10.8 Å². The van der Waals surface area contributed by atoms with Crippen LogP contribution in [0, 0.1) is 6.92 Å². The Balaban J connectivity index is 1.46. The first kappa shape index (κ1) is 20.8. The Bertz CT molecular complexity index is 1350. The van der Waals surface area contributed by atoms with Gasteiger partial charge in [0.1, 0.15) is 5.75 Å². The molecule has 1 aromatic heterocycles. The van der Waals surface area contributed by atoms with Crippen molar-refractivity contribution in [2.24, 2.45) is 0 Å². The quantitative estimate of drug-likeness (QED) is 0.442. The molecule has 3 aromatic carbocycles. The summed E-state index contributed by atoms with van der Waals surface area (Å²) in [7, 11) is -2.11. The molecule has 1 heterocycles. The van der Waals surface area contributed by atoms with Gasteiger partial charge in [0, 0.05) is 11.3 Å². The molecule has 0 aliphatic heterocycles. The lowest BCUT2D eigenvalue weighted by Crippen LogP contribution is -2.14. The molecule has 158 valence electrons. The highest BCUT2D eigenvalue weighted by molar-refractivity contribution is 7.92. The van der Waals surface area contributed by atoms with Gasteiger partial charge in [0.05, 0.1) is 22.2 Å². The topological polar surface area (TPSA) is 97.4 Å². The number of nitrogens with one attached hydrogen (secondary N) is 2. The van der Waals surface area contributed by atoms with E-state index in [2.05, 4.69) is 15.0 Å². The number of aromatic nitrogens is 1.